The molecule has 0 bridgehead atoms. The lowest BCUT2D eigenvalue weighted by Crippen LogP contribution is -2.50. The number of thiophene rings is 1. The van der Waals surface area contributed by atoms with Crippen LogP contribution in [0.3, 0.4) is 0 Å². The Morgan fingerprint density at radius 3 is 2.95 bits per heavy atom. The zero-order valence-corrected chi connectivity index (χ0v) is 13.1. The van der Waals surface area contributed by atoms with Crippen LogP contribution < -0.4 is 0 Å². The van der Waals surface area contributed by atoms with Crippen molar-refractivity contribution < 1.29 is 14.7 Å². The minimum Gasteiger partial charge on any atom is -0.480 e. The molecule has 0 saturated carbocycles. The first-order valence-electron chi connectivity index (χ1n) is 6.37. The number of carboxylic acid groups (broad SMARTS) is 1. The number of nitrogens with zero attached hydrogens (tertiary/aromatic N) is 2. The second-order valence-electron chi connectivity index (χ2n) is 4.85. The summed E-state index contributed by atoms with van der Waals surface area (Å²) in [5.41, 5.74) is 0. The molecular weight excluding hydrogens is 296 g/mol. The first kappa shape index (κ1) is 15.2. The molecule has 1 N–H and O–H groups in total. The Labute approximate surface area is 126 Å². The highest BCUT2D eigenvalue weighted by Crippen LogP contribution is 2.23. The molecule has 7 heteroatoms. The van der Waals surface area contributed by atoms with Gasteiger partial charge in [0.05, 0.1) is 5.88 Å². The van der Waals surface area contributed by atoms with Gasteiger partial charge in [0.15, 0.2) is 0 Å². The molecule has 2 rings (SSSR count). The molecule has 1 aliphatic heterocycles. The van der Waals surface area contributed by atoms with Crippen LogP contribution in [0.5, 0.6) is 0 Å². The van der Waals surface area contributed by atoms with E-state index in [0.29, 0.717) is 11.6 Å². The topological polar surface area (TPSA) is 60.9 Å². The molecule has 1 aromatic heterocycles. The van der Waals surface area contributed by atoms with Crippen molar-refractivity contribution >= 4 is 35.1 Å². The number of carboxylic acids is 1. The molecule has 2 unspecified atom stereocenters. The van der Waals surface area contributed by atoms with Crippen molar-refractivity contribution in [1.29, 1.82) is 0 Å². The van der Waals surface area contributed by atoms with Gasteiger partial charge in [0.25, 0.3) is 0 Å². The van der Waals surface area contributed by atoms with Gasteiger partial charge in [-0.05, 0) is 18.4 Å². The van der Waals surface area contributed by atoms with E-state index in [4.69, 9.17) is 5.11 Å². The Morgan fingerprint density at radius 1 is 1.60 bits per heavy atom. The summed E-state index contributed by atoms with van der Waals surface area (Å²) in [5.74, 6) is -0.0113. The first-order valence-corrected chi connectivity index (χ1v) is 8.40. The molecule has 0 aliphatic carbocycles. The number of hydrogen-bond donors (Lipinski definition) is 1. The van der Waals surface area contributed by atoms with Gasteiger partial charge in [0.2, 0.25) is 0 Å². The predicted octanol–water partition coefficient (Wildman–Crippen LogP) is 2.19. The van der Waals surface area contributed by atoms with Gasteiger partial charge in [-0.3, -0.25) is 0 Å². The maximum Gasteiger partial charge on any atom is 0.327 e. The average Bonchev–Trinajstić information content (AvgIpc) is 3.07. The Kier molecular flexibility index (Phi) is 4.93. The number of hydrogen-bond acceptors (Lipinski definition) is 4. The second kappa shape index (κ2) is 6.49. The summed E-state index contributed by atoms with van der Waals surface area (Å²) in [6.45, 7) is 1.98. The van der Waals surface area contributed by atoms with Crippen LogP contribution in [-0.4, -0.2) is 57.7 Å². The standard InChI is InChI=1S/C13H18N2O3S2/c1-9(6-10-4-3-5-20-10)14(2)13(18)15-8-19-7-11(15)12(16)17/h3-5,9,11H,6-8H2,1-2H3,(H,16,17). The van der Waals surface area contributed by atoms with Crippen molar-refractivity contribution in [2.45, 2.75) is 25.4 Å². The van der Waals surface area contributed by atoms with Crippen molar-refractivity contribution in [1.82, 2.24) is 9.80 Å². The number of rotatable bonds is 4. The van der Waals surface area contributed by atoms with Crippen molar-refractivity contribution in [3.05, 3.63) is 22.4 Å². The number of amides is 2. The molecule has 20 heavy (non-hydrogen) atoms. The van der Waals surface area contributed by atoms with Crippen LogP contribution in [-0.2, 0) is 11.2 Å². The molecule has 2 amide bonds. The molecule has 0 spiro atoms. The van der Waals surface area contributed by atoms with Gasteiger partial charge >= 0.3 is 12.0 Å². The number of urea groups is 1. The van der Waals surface area contributed by atoms with Gasteiger partial charge in [-0.1, -0.05) is 6.07 Å². The monoisotopic (exact) mass is 314 g/mol. The molecule has 1 aliphatic rings. The summed E-state index contributed by atoms with van der Waals surface area (Å²) in [6, 6.07) is 3.17. The number of carbonyl (C=O) groups is 2. The van der Waals surface area contributed by atoms with Gasteiger partial charge in [0, 0.05) is 30.1 Å². The highest BCUT2D eigenvalue weighted by Gasteiger charge is 2.36. The van der Waals surface area contributed by atoms with Crippen LogP contribution in [0.25, 0.3) is 0 Å². The minimum atomic E-state index is -0.928. The van der Waals surface area contributed by atoms with Crippen LogP contribution in [0, 0.1) is 0 Å². The van der Waals surface area contributed by atoms with Crippen LogP contribution in [0.15, 0.2) is 17.5 Å². The molecule has 1 saturated heterocycles. The van der Waals surface area contributed by atoms with E-state index < -0.39 is 12.0 Å². The van der Waals surface area contributed by atoms with E-state index >= 15 is 0 Å². The molecule has 110 valence electrons. The summed E-state index contributed by atoms with van der Waals surface area (Å²) >= 11 is 3.15. The predicted molar refractivity (Wildman–Crippen MR) is 81.2 cm³/mol. The van der Waals surface area contributed by atoms with E-state index in [9.17, 15) is 9.59 Å². The maximum absolute atomic E-state index is 12.4. The number of thioether (sulfide) groups is 1. The smallest absolute Gasteiger partial charge is 0.327 e. The fraction of sp³-hybridized carbons (Fsp3) is 0.538. The van der Waals surface area contributed by atoms with Crippen molar-refractivity contribution in [2.24, 2.45) is 0 Å². The van der Waals surface area contributed by atoms with Gasteiger partial charge in [-0.15, -0.1) is 23.1 Å². The lowest BCUT2D eigenvalue weighted by atomic mass is 10.2. The summed E-state index contributed by atoms with van der Waals surface area (Å²) in [7, 11) is 1.74. The first-order chi connectivity index (χ1) is 9.50. The zero-order chi connectivity index (χ0) is 14.7. The molecule has 2 atom stereocenters. The average molecular weight is 314 g/mol. The number of likely N-dealkylation sites (N-methyl/N-ethyl adjacent to an activating group) is 1. The molecule has 5 nitrogen and oxygen atoms in total. The van der Waals surface area contributed by atoms with E-state index in [2.05, 4.69) is 0 Å². The van der Waals surface area contributed by atoms with Gasteiger partial charge in [-0.2, -0.15) is 0 Å². The molecule has 0 radical (unpaired) electrons. The second-order valence-corrected chi connectivity index (χ2v) is 6.88. The molecule has 2 heterocycles. The highest BCUT2D eigenvalue weighted by atomic mass is 32.2. The minimum absolute atomic E-state index is 0.0428. The number of aliphatic carboxylic acids is 1. The van der Waals surface area contributed by atoms with Crippen LogP contribution in [0.4, 0.5) is 4.79 Å². The summed E-state index contributed by atoms with van der Waals surface area (Å²) in [5, 5.41) is 11.2. The van der Waals surface area contributed by atoms with Gasteiger partial charge < -0.3 is 14.9 Å². The fourth-order valence-electron chi connectivity index (χ4n) is 2.08. The van der Waals surface area contributed by atoms with E-state index in [-0.39, 0.29) is 12.1 Å². The van der Waals surface area contributed by atoms with Crippen LogP contribution in [0.2, 0.25) is 0 Å². The molecule has 1 fully saturated rings. The van der Waals surface area contributed by atoms with Crippen molar-refractivity contribution in [3.8, 4) is 0 Å². The summed E-state index contributed by atoms with van der Waals surface area (Å²) in [4.78, 5) is 27.9. The highest BCUT2D eigenvalue weighted by molar-refractivity contribution is 7.99. The van der Waals surface area contributed by atoms with Crippen LogP contribution in [0.1, 0.15) is 11.8 Å². The third kappa shape index (κ3) is 3.27. The quantitative estimate of drug-likeness (QED) is 0.925. The van der Waals surface area contributed by atoms with Gasteiger partial charge in [-0.25, -0.2) is 9.59 Å². The molecule has 0 aromatic carbocycles. The van der Waals surface area contributed by atoms with E-state index in [0.717, 1.165) is 6.42 Å². The Hall–Kier alpha value is -1.21. The lowest BCUT2D eigenvalue weighted by molar-refractivity contribution is -0.140. The number of carbonyl (C=O) groups excluding carboxylic acids is 1. The normalized spacial score (nSPS) is 19.9. The maximum atomic E-state index is 12.4. The third-order valence-corrected chi connectivity index (χ3v) is 5.36. The molecular formula is C13H18N2O3S2. The fourth-order valence-corrected chi connectivity index (χ4v) is 4.05. The lowest BCUT2D eigenvalue weighted by Gasteiger charge is -2.31. The SMILES string of the molecule is CC(Cc1cccs1)N(C)C(=O)N1CSCC1C(=O)O. The van der Waals surface area contributed by atoms with Crippen molar-refractivity contribution in [2.75, 3.05) is 18.7 Å². The zero-order valence-electron chi connectivity index (χ0n) is 11.5. The van der Waals surface area contributed by atoms with E-state index in [1.807, 2.05) is 24.4 Å². The Morgan fingerprint density at radius 2 is 2.35 bits per heavy atom. The Balaban J connectivity index is 1.99. The largest absolute Gasteiger partial charge is 0.480 e. The third-order valence-electron chi connectivity index (χ3n) is 3.45. The summed E-state index contributed by atoms with van der Waals surface area (Å²) < 4.78 is 0. The van der Waals surface area contributed by atoms with E-state index in [1.165, 1.54) is 21.5 Å². The van der Waals surface area contributed by atoms with Gasteiger partial charge in [0.1, 0.15) is 6.04 Å². The summed E-state index contributed by atoms with van der Waals surface area (Å²) in [6.07, 6.45) is 0.790. The molecule has 1 aromatic rings. The van der Waals surface area contributed by atoms with E-state index in [1.54, 1.807) is 23.3 Å². The Bertz CT molecular complexity index is 478. The van der Waals surface area contributed by atoms with Crippen LogP contribution >= 0.6 is 23.1 Å². The van der Waals surface area contributed by atoms with Crippen molar-refractivity contribution in [3.63, 3.8) is 0 Å².